The Morgan fingerprint density at radius 2 is 1.87 bits per heavy atom. The molecule has 8 heteroatoms. The van der Waals surface area contributed by atoms with Gasteiger partial charge in [-0.1, -0.05) is 6.07 Å². The second kappa shape index (κ2) is 8.06. The van der Waals surface area contributed by atoms with E-state index in [1.807, 2.05) is 30.5 Å². The molecule has 0 unspecified atom stereocenters. The highest BCUT2D eigenvalue weighted by Gasteiger charge is 2.26. The van der Waals surface area contributed by atoms with Crippen LogP contribution in [0.1, 0.15) is 23.2 Å². The number of fused-ring (bicyclic) bond motifs is 1. The Balaban J connectivity index is 1.43. The van der Waals surface area contributed by atoms with Crippen LogP contribution in [0.4, 0.5) is 0 Å². The number of hydrogen-bond acceptors (Lipinski definition) is 4. The van der Waals surface area contributed by atoms with Crippen LogP contribution in [-0.2, 0) is 18.4 Å². The van der Waals surface area contributed by atoms with Gasteiger partial charge in [-0.3, -0.25) is 14.4 Å². The zero-order chi connectivity index (χ0) is 21.3. The van der Waals surface area contributed by atoms with Crippen molar-refractivity contribution in [1.29, 1.82) is 0 Å². The number of hydrogen-bond donors (Lipinski definition) is 1. The van der Waals surface area contributed by atoms with Crippen molar-refractivity contribution in [2.24, 2.45) is 12.8 Å². The first kappa shape index (κ1) is 19.8. The molecule has 2 N–H and O–H groups in total. The number of likely N-dealkylation sites (tertiary alicyclic amines) is 1. The first-order valence-corrected chi connectivity index (χ1v) is 9.92. The number of piperidine rings is 1. The zero-order valence-corrected chi connectivity index (χ0v) is 16.8. The second-order valence-electron chi connectivity index (χ2n) is 7.55. The fraction of sp³-hybridized carbons (Fsp3) is 0.318. The van der Waals surface area contributed by atoms with E-state index < -0.39 is 5.91 Å². The third kappa shape index (κ3) is 3.80. The van der Waals surface area contributed by atoms with Gasteiger partial charge in [-0.15, -0.1) is 0 Å². The minimum atomic E-state index is -0.399. The number of carbonyl (C=O) groups excluding carboxylic acids is 2. The molecule has 2 aromatic heterocycles. The molecule has 0 aliphatic carbocycles. The Kier molecular flexibility index (Phi) is 5.31. The van der Waals surface area contributed by atoms with Crippen molar-refractivity contribution in [3.05, 3.63) is 64.7 Å². The van der Waals surface area contributed by atoms with Crippen molar-refractivity contribution >= 4 is 22.7 Å². The third-order valence-electron chi connectivity index (χ3n) is 5.48. The Labute approximate surface area is 173 Å². The summed E-state index contributed by atoms with van der Waals surface area (Å²) in [5.41, 5.74) is 6.11. The minimum absolute atomic E-state index is 0.0299. The fourth-order valence-corrected chi connectivity index (χ4v) is 3.89. The molecule has 1 saturated heterocycles. The summed E-state index contributed by atoms with van der Waals surface area (Å²) in [5.74, 6) is 0.113. The molecular formula is C22H24N4O4. The normalized spacial score (nSPS) is 14.8. The summed E-state index contributed by atoms with van der Waals surface area (Å²) in [6.45, 7) is 1.17. The molecule has 1 aliphatic rings. The van der Waals surface area contributed by atoms with E-state index in [1.54, 1.807) is 34.8 Å². The largest absolute Gasteiger partial charge is 0.490 e. The number of nitrogens with zero attached hydrogens (tertiary/aromatic N) is 3. The number of aryl methyl sites for hydroxylation is 1. The maximum Gasteiger partial charge on any atom is 0.263 e. The van der Waals surface area contributed by atoms with Gasteiger partial charge in [-0.25, -0.2) is 0 Å². The van der Waals surface area contributed by atoms with Gasteiger partial charge in [0.1, 0.15) is 24.0 Å². The van der Waals surface area contributed by atoms with Crippen LogP contribution < -0.4 is 16.0 Å². The van der Waals surface area contributed by atoms with E-state index in [0.717, 1.165) is 16.7 Å². The van der Waals surface area contributed by atoms with E-state index in [-0.39, 0.29) is 29.7 Å². The molecule has 0 spiro atoms. The lowest BCUT2D eigenvalue weighted by Crippen LogP contribution is -2.43. The summed E-state index contributed by atoms with van der Waals surface area (Å²) in [6.07, 6.45) is 4.78. The number of primary amides is 1. The molecule has 3 heterocycles. The summed E-state index contributed by atoms with van der Waals surface area (Å²) >= 11 is 0. The topological polar surface area (TPSA) is 99.6 Å². The molecule has 1 aliphatic heterocycles. The van der Waals surface area contributed by atoms with Crippen LogP contribution in [-0.4, -0.2) is 45.0 Å². The van der Waals surface area contributed by atoms with Crippen LogP contribution in [0, 0.1) is 0 Å². The highest BCUT2D eigenvalue weighted by atomic mass is 16.5. The van der Waals surface area contributed by atoms with Gasteiger partial charge in [0.2, 0.25) is 5.91 Å². The summed E-state index contributed by atoms with van der Waals surface area (Å²) in [7, 11) is 1.64. The molecule has 0 atom stereocenters. The number of pyridine rings is 1. The number of ether oxygens (including phenoxy) is 1. The van der Waals surface area contributed by atoms with Gasteiger partial charge in [0.25, 0.3) is 11.5 Å². The molecule has 0 bridgehead atoms. The summed E-state index contributed by atoms with van der Waals surface area (Å²) in [4.78, 5) is 37.9. The first-order valence-electron chi connectivity index (χ1n) is 9.92. The maximum absolute atomic E-state index is 12.7. The number of nitrogens with two attached hydrogens (primary N) is 1. The Morgan fingerprint density at radius 1 is 1.10 bits per heavy atom. The quantitative estimate of drug-likeness (QED) is 0.692. The molecule has 1 fully saturated rings. The molecule has 30 heavy (non-hydrogen) atoms. The molecule has 4 rings (SSSR count). The predicted molar refractivity (Wildman–Crippen MR) is 112 cm³/mol. The van der Waals surface area contributed by atoms with Crippen LogP contribution >= 0.6 is 0 Å². The standard InChI is InChI=1S/C22H24N4O4/c1-24-10-3-4-17(21(24)28)22(29)25-11-7-15(8-12-25)30-19-6-2-5-18-16(19)9-13-26(18)14-20(23)27/h2-6,9-10,13,15H,7-8,11-12,14H2,1H3,(H2,23,27). The van der Waals surface area contributed by atoms with Crippen molar-refractivity contribution in [1.82, 2.24) is 14.0 Å². The molecule has 2 amide bonds. The molecular weight excluding hydrogens is 384 g/mol. The van der Waals surface area contributed by atoms with E-state index in [4.69, 9.17) is 10.5 Å². The highest BCUT2D eigenvalue weighted by Crippen LogP contribution is 2.29. The number of aromatic nitrogens is 2. The van der Waals surface area contributed by atoms with Gasteiger partial charge in [-0.2, -0.15) is 0 Å². The van der Waals surface area contributed by atoms with E-state index in [1.165, 1.54) is 4.57 Å². The summed E-state index contributed by atoms with van der Waals surface area (Å²) < 4.78 is 9.44. The smallest absolute Gasteiger partial charge is 0.263 e. The SMILES string of the molecule is Cn1cccc(C(=O)N2CCC(Oc3cccc4c3ccn4CC(N)=O)CC2)c1=O. The highest BCUT2D eigenvalue weighted by molar-refractivity contribution is 5.94. The average Bonchev–Trinajstić information content (AvgIpc) is 3.13. The van der Waals surface area contributed by atoms with Crippen molar-refractivity contribution in [3.8, 4) is 5.75 Å². The van der Waals surface area contributed by atoms with Crippen molar-refractivity contribution < 1.29 is 14.3 Å². The van der Waals surface area contributed by atoms with E-state index in [9.17, 15) is 14.4 Å². The fourth-order valence-electron chi connectivity index (χ4n) is 3.89. The molecule has 0 radical (unpaired) electrons. The lowest BCUT2D eigenvalue weighted by molar-refractivity contribution is -0.118. The van der Waals surface area contributed by atoms with E-state index in [2.05, 4.69) is 0 Å². The van der Waals surface area contributed by atoms with Crippen LogP contribution in [0.25, 0.3) is 10.9 Å². The molecule has 1 aromatic carbocycles. The van der Waals surface area contributed by atoms with Crippen molar-refractivity contribution in [2.75, 3.05) is 13.1 Å². The average molecular weight is 408 g/mol. The van der Waals surface area contributed by atoms with Crippen molar-refractivity contribution in [3.63, 3.8) is 0 Å². The molecule has 156 valence electrons. The number of carbonyl (C=O) groups is 2. The monoisotopic (exact) mass is 408 g/mol. The Morgan fingerprint density at radius 3 is 2.60 bits per heavy atom. The van der Waals surface area contributed by atoms with Crippen LogP contribution in [0.5, 0.6) is 5.75 Å². The van der Waals surface area contributed by atoms with Gasteiger partial charge in [0.15, 0.2) is 0 Å². The lowest BCUT2D eigenvalue weighted by atomic mass is 10.1. The Hall–Kier alpha value is -3.55. The number of benzene rings is 1. The van der Waals surface area contributed by atoms with Crippen LogP contribution in [0.15, 0.2) is 53.6 Å². The molecule has 8 nitrogen and oxygen atoms in total. The van der Waals surface area contributed by atoms with Crippen molar-refractivity contribution in [2.45, 2.75) is 25.5 Å². The second-order valence-corrected chi connectivity index (χ2v) is 7.55. The lowest BCUT2D eigenvalue weighted by Gasteiger charge is -2.32. The van der Waals surface area contributed by atoms with Gasteiger partial charge < -0.3 is 24.5 Å². The van der Waals surface area contributed by atoms with Gasteiger partial charge in [0, 0.05) is 50.8 Å². The summed E-state index contributed by atoms with van der Waals surface area (Å²) in [5, 5.41) is 0.921. The zero-order valence-electron chi connectivity index (χ0n) is 16.8. The van der Waals surface area contributed by atoms with Gasteiger partial charge >= 0.3 is 0 Å². The number of rotatable bonds is 5. The number of amides is 2. The summed E-state index contributed by atoms with van der Waals surface area (Å²) in [6, 6.07) is 10.9. The van der Waals surface area contributed by atoms with E-state index >= 15 is 0 Å². The predicted octanol–water partition coefficient (Wildman–Crippen LogP) is 1.51. The van der Waals surface area contributed by atoms with Crippen LogP contribution in [0.3, 0.4) is 0 Å². The van der Waals surface area contributed by atoms with Gasteiger partial charge in [-0.05, 0) is 30.3 Å². The first-order chi connectivity index (χ1) is 14.4. The molecule has 0 saturated carbocycles. The van der Waals surface area contributed by atoms with Crippen LogP contribution in [0.2, 0.25) is 0 Å². The molecule has 3 aromatic rings. The minimum Gasteiger partial charge on any atom is -0.490 e. The van der Waals surface area contributed by atoms with Gasteiger partial charge in [0.05, 0.1) is 5.52 Å². The van der Waals surface area contributed by atoms with E-state index in [0.29, 0.717) is 25.9 Å². The Bertz CT molecular complexity index is 1160. The third-order valence-corrected chi connectivity index (χ3v) is 5.48. The maximum atomic E-state index is 12.7.